The fourth-order valence-electron chi connectivity index (χ4n) is 2.12. The molecule has 1 atom stereocenters. The van der Waals surface area contributed by atoms with Crippen LogP contribution in [0, 0.1) is 0 Å². The van der Waals surface area contributed by atoms with Gasteiger partial charge in [0, 0.05) is 23.9 Å². The van der Waals surface area contributed by atoms with Crippen molar-refractivity contribution < 1.29 is 19.1 Å². The molecule has 1 heterocycles. The number of furan rings is 1. The van der Waals surface area contributed by atoms with E-state index in [4.69, 9.17) is 9.52 Å². The SMILES string of the molecule is CC(CCCO)NC(=O)c1cccc(NC(=O)c2ccco2)c1. The lowest BCUT2D eigenvalue weighted by Gasteiger charge is -2.13. The van der Waals surface area contributed by atoms with Crippen LogP contribution >= 0.6 is 0 Å². The second kappa shape index (κ2) is 8.14. The molecule has 1 aromatic heterocycles. The average molecular weight is 316 g/mol. The smallest absolute Gasteiger partial charge is 0.291 e. The predicted octanol–water partition coefficient (Wildman–Crippen LogP) is 2.42. The van der Waals surface area contributed by atoms with E-state index in [9.17, 15) is 9.59 Å². The first-order chi connectivity index (χ1) is 11.1. The van der Waals surface area contributed by atoms with E-state index in [2.05, 4.69) is 10.6 Å². The molecule has 122 valence electrons. The average Bonchev–Trinajstić information content (AvgIpc) is 3.07. The minimum Gasteiger partial charge on any atom is -0.459 e. The summed E-state index contributed by atoms with van der Waals surface area (Å²) in [5.41, 5.74) is 0.972. The molecule has 23 heavy (non-hydrogen) atoms. The lowest BCUT2D eigenvalue weighted by atomic mass is 10.1. The Kier molecular flexibility index (Phi) is 5.94. The van der Waals surface area contributed by atoms with Gasteiger partial charge in [-0.2, -0.15) is 0 Å². The van der Waals surface area contributed by atoms with Gasteiger partial charge in [-0.05, 0) is 50.1 Å². The monoisotopic (exact) mass is 316 g/mol. The van der Waals surface area contributed by atoms with Crippen molar-refractivity contribution in [3.8, 4) is 0 Å². The molecule has 0 fully saturated rings. The Morgan fingerprint density at radius 3 is 2.74 bits per heavy atom. The number of amides is 2. The summed E-state index contributed by atoms with van der Waals surface area (Å²) in [5, 5.41) is 14.3. The summed E-state index contributed by atoms with van der Waals surface area (Å²) in [4.78, 5) is 24.1. The van der Waals surface area contributed by atoms with Gasteiger partial charge in [0.1, 0.15) is 0 Å². The Hall–Kier alpha value is -2.60. The molecular weight excluding hydrogens is 296 g/mol. The summed E-state index contributed by atoms with van der Waals surface area (Å²) in [7, 11) is 0. The number of aliphatic hydroxyl groups is 1. The van der Waals surface area contributed by atoms with Crippen molar-refractivity contribution in [3.05, 3.63) is 54.0 Å². The zero-order valence-electron chi connectivity index (χ0n) is 12.9. The maximum absolute atomic E-state index is 12.2. The Morgan fingerprint density at radius 1 is 1.22 bits per heavy atom. The predicted molar refractivity (Wildman–Crippen MR) is 86.4 cm³/mol. The molecule has 3 N–H and O–H groups in total. The first kappa shape index (κ1) is 16.8. The third-order valence-electron chi connectivity index (χ3n) is 3.30. The highest BCUT2D eigenvalue weighted by Crippen LogP contribution is 2.13. The zero-order chi connectivity index (χ0) is 16.7. The summed E-state index contributed by atoms with van der Waals surface area (Å²) < 4.78 is 5.02. The molecule has 0 aliphatic heterocycles. The van der Waals surface area contributed by atoms with Gasteiger partial charge in [0.25, 0.3) is 11.8 Å². The Balaban J connectivity index is 1.99. The third kappa shape index (κ3) is 4.96. The van der Waals surface area contributed by atoms with Gasteiger partial charge >= 0.3 is 0 Å². The van der Waals surface area contributed by atoms with Crippen molar-refractivity contribution in [1.29, 1.82) is 0 Å². The van der Waals surface area contributed by atoms with Crippen LogP contribution in [-0.4, -0.2) is 29.6 Å². The van der Waals surface area contributed by atoms with E-state index >= 15 is 0 Å². The number of hydrogen-bond donors (Lipinski definition) is 3. The van der Waals surface area contributed by atoms with E-state index in [0.29, 0.717) is 24.1 Å². The maximum atomic E-state index is 12.2. The molecule has 1 unspecified atom stereocenters. The van der Waals surface area contributed by atoms with Crippen LogP contribution in [0.3, 0.4) is 0 Å². The highest BCUT2D eigenvalue weighted by Gasteiger charge is 2.12. The van der Waals surface area contributed by atoms with Crippen LogP contribution in [0.15, 0.2) is 47.1 Å². The fraction of sp³-hybridized carbons (Fsp3) is 0.294. The van der Waals surface area contributed by atoms with Crippen LogP contribution in [0.1, 0.15) is 40.7 Å². The second-order valence-corrected chi connectivity index (χ2v) is 5.25. The first-order valence-electron chi connectivity index (χ1n) is 7.47. The molecule has 6 nitrogen and oxygen atoms in total. The normalized spacial score (nSPS) is 11.7. The van der Waals surface area contributed by atoms with Crippen LogP contribution in [0.4, 0.5) is 5.69 Å². The van der Waals surface area contributed by atoms with Crippen LogP contribution in [0.25, 0.3) is 0 Å². The number of benzene rings is 1. The molecule has 1 aromatic carbocycles. The van der Waals surface area contributed by atoms with Crippen LogP contribution in [0.5, 0.6) is 0 Å². The van der Waals surface area contributed by atoms with Gasteiger partial charge in [-0.15, -0.1) is 0 Å². The Bertz CT molecular complexity index is 652. The van der Waals surface area contributed by atoms with E-state index in [1.807, 2.05) is 6.92 Å². The standard InChI is InChI=1S/C17H20N2O4/c1-12(5-3-9-20)18-16(21)13-6-2-7-14(11-13)19-17(22)15-8-4-10-23-15/h2,4,6-8,10-12,20H,3,5,9H2,1H3,(H,18,21)(H,19,22). The van der Waals surface area contributed by atoms with E-state index in [1.165, 1.54) is 6.26 Å². The molecule has 6 heteroatoms. The van der Waals surface area contributed by atoms with Gasteiger partial charge in [-0.1, -0.05) is 6.07 Å². The third-order valence-corrected chi connectivity index (χ3v) is 3.30. The van der Waals surface area contributed by atoms with Crippen LogP contribution < -0.4 is 10.6 Å². The molecule has 0 bridgehead atoms. The number of aliphatic hydroxyl groups excluding tert-OH is 1. The number of hydrogen-bond acceptors (Lipinski definition) is 4. The van der Waals surface area contributed by atoms with Crippen LogP contribution in [-0.2, 0) is 0 Å². The van der Waals surface area contributed by atoms with E-state index < -0.39 is 0 Å². The van der Waals surface area contributed by atoms with Gasteiger partial charge in [0.15, 0.2) is 5.76 Å². The van der Waals surface area contributed by atoms with Gasteiger partial charge < -0.3 is 20.2 Å². The molecule has 0 saturated carbocycles. The molecule has 0 spiro atoms. The number of rotatable bonds is 7. The number of nitrogens with one attached hydrogen (secondary N) is 2. The van der Waals surface area contributed by atoms with Crippen molar-refractivity contribution in [2.75, 3.05) is 11.9 Å². The molecule has 0 aliphatic rings. The molecule has 2 amide bonds. The van der Waals surface area contributed by atoms with Gasteiger partial charge in [0.2, 0.25) is 0 Å². The lowest BCUT2D eigenvalue weighted by molar-refractivity contribution is 0.0935. The highest BCUT2D eigenvalue weighted by atomic mass is 16.3. The first-order valence-corrected chi connectivity index (χ1v) is 7.47. The lowest BCUT2D eigenvalue weighted by Crippen LogP contribution is -2.32. The topological polar surface area (TPSA) is 91.6 Å². The molecule has 2 aromatic rings. The maximum Gasteiger partial charge on any atom is 0.291 e. The summed E-state index contributed by atoms with van der Waals surface area (Å²) in [6, 6.07) is 9.85. The number of carbonyl (C=O) groups is 2. The largest absolute Gasteiger partial charge is 0.459 e. The fourth-order valence-corrected chi connectivity index (χ4v) is 2.12. The van der Waals surface area contributed by atoms with E-state index in [-0.39, 0.29) is 30.2 Å². The minimum atomic E-state index is -0.371. The van der Waals surface area contributed by atoms with E-state index in [1.54, 1.807) is 36.4 Å². The number of carbonyl (C=O) groups excluding carboxylic acids is 2. The summed E-state index contributed by atoms with van der Waals surface area (Å²) in [6.07, 6.45) is 2.77. The second-order valence-electron chi connectivity index (χ2n) is 5.25. The number of anilines is 1. The molecule has 0 aliphatic carbocycles. The van der Waals surface area contributed by atoms with Gasteiger partial charge in [-0.25, -0.2) is 0 Å². The van der Waals surface area contributed by atoms with Crippen molar-refractivity contribution >= 4 is 17.5 Å². The molecule has 0 saturated heterocycles. The van der Waals surface area contributed by atoms with Gasteiger partial charge in [0.05, 0.1) is 6.26 Å². The molecular formula is C17H20N2O4. The van der Waals surface area contributed by atoms with Crippen molar-refractivity contribution in [2.24, 2.45) is 0 Å². The summed E-state index contributed by atoms with van der Waals surface area (Å²) in [6.45, 7) is 1.99. The summed E-state index contributed by atoms with van der Waals surface area (Å²) in [5.74, 6) is -0.383. The quantitative estimate of drug-likeness (QED) is 0.731. The highest BCUT2D eigenvalue weighted by molar-refractivity contribution is 6.03. The van der Waals surface area contributed by atoms with Crippen molar-refractivity contribution in [2.45, 2.75) is 25.8 Å². The molecule has 2 rings (SSSR count). The van der Waals surface area contributed by atoms with Crippen molar-refractivity contribution in [3.63, 3.8) is 0 Å². The summed E-state index contributed by atoms with van der Waals surface area (Å²) >= 11 is 0. The zero-order valence-corrected chi connectivity index (χ0v) is 12.9. The Morgan fingerprint density at radius 2 is 2.04 bits per heavy atom. The van der Waals surface area contributed by atoms with Crippen LogP contribution in [0.2, 0.25) is 0 Å². The van der Waals surface area contributed by atoms with Crippen molar-refractivity contribution in [1.82, 2.24) is 5.32 Å². The Labute approximate surface area is 134 Å². The van der Waals surface area contributed by atoms with E-state index in [0.717, 1.165) is 0 Å². The van der Waals surface area contributed by atoms with Gasteiger partial charge in [-0.3, -0.25) is 9.59 Å². The minimum absolute atomic E-state index is 0.0315. The molecule has 0 radical (unpaired) electrons.